The van der Waals surface area contributed by atoms with Gasteiger partial charge in [0.2, 0.25) is 5.13 Å². The lowest BCUT2D eigenvalue weighted by atomic mass is 10.1. The standard InChI is InChI=1S/C14H7F6N5OS/c15-13(16,17)7-2-1-3-8(4-7)25-10(14(18,19)20)9(5-22-25)11(26)23-12-24-21-6-27-12/h1-6H,(H,23,24,26). The molecular formula is C14H7F6N5OS. The van der Waals surface area contributed by atoms with Crippen LogP contribution >= 0.6 is 11.3 Å². The Bertz CT molecular complexity index is 963. The Morgan fingerprint density at radius 3 is 2.44 bits per heavy atom. The van der Waals surface area contributed by atoms with E-state index < -0.39 is 40.8 Å². The summed E-state index contributed by atoms with van der Waals surface area (Å²) in [6.45, 7) is 0. The Balaban J connectivity index is 2.07. The maximum atomic E-state index is 13.5. The summed E-state index contributed by atoms with van der Waals surface area (Å²) in [6.07, 6.45) is -9.18. The Morgan fingerprint density at radius 1 is 1.11 bits per heavy atom. The van der Waals surface area contributed by atoms with Crippen LogP contribution in [0.3, 0.4) is 0 Å². The van der Waals surface area contributed by atoms with Crippen LogP contribution in [0.2, 0.25) is 0 Å². The lowest BCUT2D eigenvalue weighted by molar-refractivity contribution is -0.143. The van der Waals surface area contributed by atoms with Crippen molar-refractivity contribution in [1.29, 1.82) is 0 Å². The highest BCUT2D eigenvalue weighted by Crippen LogP contribution is 2.35. The third-order valence-electron chi connectivity index (χ3n) is 3.28. The highest BCUT2D eigenvalue weighted by atomic mass is 32.1. The van der Waals surface area contributed by atoms with Crippen LogP contribution in [-0.2, 0) is 12.4 Å². The van der Waals surface area contributed by atoms with Crippen molar-refractivity contribution in [2.75, 3.05) is 5.32 Å². The van der Waals surface area contributed by atoms with Gasteiger partial charge >= 0.3 is 12.4 Å². The zero-order valence-corrected chi connectivity index (χ0v) is 13.7. The summed E-state index contributed by atoms with van der Waals surface area (Å²) in [7, 11) is 0. The number of alkyl halides is 6. The van der Waals surface area contributed by atoms with Gasteiger partial charge in [0.25, 0.3) is 5.91 Å². The number of carbonyl (C=O) groups is 1. The fourth-order valence-corrected chi connectivity index (χ4v) is 2.63. The van der Waals surface area contributed by atoms with Gasteiger partial charge in [0.1, 0.15) is 5.51 Å². The molecule has 3 rings (SSSR count). The van der Waals surface area contributed by atoms with Crippen LogP contribution in [0, 0.1) is 0 Å². The molecule has 0 aliphatic rings. The number of carbonyl (C=O) groups excluding carboxylic acids is 1. The maximum Gasteiger partial charge on any atom is 0.434 e. The van der Waals surface area contributed by atoms with Crippen molar-refractivity contribution < 1.29 is 31.1 Å². The molecule has 1 aromatic carbocycles. The molecule has 0 aliphatic carbocycles. The van der Waals surface area contributed by atoms with Crippen molar-refractivity contribution in [2.24, 2.45) is 0 Å². The maximum absolute atomic E-state index is 13.5. The molecule has 0 aliphatic heterocycles. The molecule has 0 fully saturated rings. The predicted octanol–water partition coefficient (Wildman–Crippen LogP) is 4.01. The van der Waals surface area contributed by atoms with E-state index in [4.69, 9.17) is 0 Å². The van der Waals surface area contributed by atoms with E-state index in [2.05, 4.69) is 20.6 Å². The minimum atomic E-state index is -5.06. The number of rotatable bonds is 3. The summed E-state index contributed by atoms with van der Waals surface area (Å²) in [4.78, 5) is 12.1. The molecule has 0 saturated carbocycles. The molecule has 13 heteroatoms. The van der Waals surface area contributed by atoms with E-state index in [1.165, 1.54) is 5.51 Å². The van der Waals surface area contributed by atoms with Crippen LogP contribution in [0.15, 0.2) is 36.0 Å². The average molecular weight is 407 g/mol. The molecular weight excluding hydrogens is 400 g/mol. The van der Waals surface area contributed by atoms with E-state index in [-0.39, 0.29) is 9.81 Å². The molecule has 0 radical (unpaired) electrons. The van der Waals surface area contributed by atoms with Crippen LogP contribution in [0.1, 0.15) is 21.6 Å². The molecule has 1 amide bonds. The second-order valence-corrected chi connectivity index (χ2v) is 5.90. The van der Waals surface area contributed by atoms with Gasteiger partial charge in [0.05, 0.1) is 23.0 Å². The SMILES string of the molecule is O=C(Nc1nncs1)c1cnn(-c2cccc(C(F)(F)F)c2)c1C(F)(F)F. The summed E-state index contributed by atoms with van der Waals surface area (Å²) in [5, 5.41) is 12.5. The monoisotopic (exact) mass is 407 g/mol. The second kappa shape index (κ2) is 6.64. The Morgan fingerprint density at radius 2 is 1.85 bits per heavy atom. The number of aromatic nitrogens is 4. The van der Waals surface area contributed by atoms with Gasteiger partial charge in [-0.2, -0.15) is 31.4 Å². The van der Waals surface area contributed by atoms with Crippen LogP contribution in [0.5, 0.6) is 0 Å². The summed E-state index contributed by atoms with van der Waals surface area (Å²) < 4.78 is 79.3. The molecule has 0 unspecified atom stereocenters. The van der Waals surface area contributed by atoms with E-state index in [1.807, 2.05) is 0 Å². The van der Waals surface area contributed by atoms with Crippen molar-refractivity contribution in [3.63, 3.8) is 0 Å². The lowest BCUT2D eigenvalue weighted by Gasteiger charge is -2.14. The Labute approximate surface area is 150 Å². The van der Waals surface area contributed by atoms with Gasteiger partial charge < -0.3 is 0 Å². The summed E-state index contributed by atoms with van der Waals surface area (Å²) in [6, 6.07) is 3.18. The van der Waals surface area contributed by atoms with Crippen molar-refractivity contribution in [3.8, 4) is 5.69 Å². The highest BCUT2D eigenvalue weighted by Gasteiger charge is 2.41. The molecule has 0 spiro atoms. The zero-order chi connectivity index (χ0) is 19.8. The minimum absolute atomic E-state index is 0.0417. The van der Waals surface area contributed by atoms with Crippen LogP contribution < -0.4 is 5.32 Å². The van der Waals surface area contributed by atoms with Gasteiger partial charge in [0, 0.05) is 0 Å². The fourth-order valence-electron chi connectivity index (χ4n) is 2.19. The quantitative estimate of drug-likeness (QED) is 0.666. The van der Waals surface area contributed by atoms with Crippen LogP contribution in [0.25, 0.3) is 5.69 Å². The number of amides is 1. The topological polar surface area (TPSA) is 72.7 Å². The molecule has 6 nitrogen and oxygen atoms in total. The summed E-state index contributed by atoms with van der Waals surface area (Å²) in [5.41, 5.74) is -2.76. The zero-order valence-electron chi connectivity index (χ0n) is 12.8. The number of anilines is 1. The highest BCUT2D eigenvalue weighted by molar-refractivity contribution is 7.13. The van der Waals surface area contributed by atoms with Gasteiger partial charge in [-0.05, 0) is 18.2 Å². The number of halogens is 6. The van der Waals surface area contributed by atoms with E-state index in [0.717, 1.165) is 23.5 Å². The van der Waals surface area contributed by atoms with Gasteiger partial charge in [-0.1, -0.05) is 17.4 Å². The molecule has 0 atom stereocenters. The van der Waals surface area contributed by atoms with Gasteiger partial charge in [-0.3, -0.25) is 10.1 Å². The number of hydrogen-bond acceptors (Lipinski definition) is 5. The van der Waals surface area contributed by atoms with E-state index in [9.17, 15) is 31.1 Å². The normalized spacial score (nSPS) is 12.2. The number of benzene rings is 1. The van der Waals surface area contributed by atoms with Crippen LogP contribution in [-0.4, -0.2) is 25.9 Å². The van der Waals surface area contributed by atoms with E-state index >= 15 is 0 Å². The molecule has 2 aromatic heterocycles. The number of hydrogen-bond donors (Lipinski definition) is 1. The van der Waals surface area contributed by atoms with Crippen LogP contribution in [0.4, 0.5) is 31.5 Å². The largest absolute Gasteiger partial charge is 0.434 e. The molecule has 0 bridgehead atoms. The lowest BCUT2D eigenvalue weighted by Crippen LogP contribution is -2.21. The molecule has 142 valence electrons. The minimum Gasteiger partial charge on any atom is -0.296 e. The van der Waals surface area contributed by atoms with Crippen molar-refractivity contribution in [3.05, 3.63) is 52.8 Å². The number of nitrogens with one attached hydrogen (secondary N) is 1. The van der Waals surface area contributed by atoms with Gasteiger partial charge in [0.15, 0.2) is 5.69 Å². The second-order valence-electron chi connectivity index (χ2n) is 5.06. The smallest absolute Gasteiger partial charge is 0.296 e. The summed E-state index contributed by atoms with van der Waals surface area (Å²) >= 11 is 0.880. The summed E-state index contributed by atoms with van der Waals surface area (Å²) in [5.74, 6) is -1.17. The first-order chi connectivity index (χ1) is 12.6. The predicted molar refractivity (Wildman–Crippen MR) is 81.4 cm³/mol. The first-order valence-corrected chi connectivity index (χ1v) is 7.85. The third-order valence-corrected chi connectivity index (χ3v) is 3.89. The van der Waals surface area contributed by atoms with Gasteiger partial charge in [-0.15, -0.1) is 10.2 Å². The third kappa shape index (κ3) is 3.92. The molecule has 27 heavy (non-hydrogen) atoms. The van der Waals surface area contributed by atoms with Gasteiger partial charge in [-0.25, -0.2) is 4.68 Å². The Kier molecular flexibility index (Phi) is 4.63. The van der Waals surface area contributed by atoms with Crippen molar-refractivity contribution in [2.45, 2.75) is 12.4 Å². The fraction of sp³-hybridized carbons (Fsp3) is 0.143. The average Bonchev–Trinajstić information content (AvgIpc) is 3.22. The first-order valence-electron chi connectivity index (χ1n) is 6.98. The van der Waals surface area contributed by atoms with E-state index in [0.29, 0.717) is 18.3 Å². The first kappa shape index (κ1) is 18.8. The van der Waals surface area contributed by atoms with E-state index in [1.54, 1.807) is 0 Å². The molecule has 1 N–H and O–H groups in total. The van der Waals surface area contributed by atoms with Crippen molar-refractivity contribution in [1.82, 2.24) is 20.0 Å². The molecule has 2 heterocycles. The molecule has 0 saturated heterocycles. The Hall–Kier alpha value is -2.96. The van der Waals surface area contributed by atoms with Crippen molar-refractivity contribution >= 4 is 22.4 Å². The number of nitrogens with zero attached hydrogens (tertiary/aromatic N) is 4. The molecule has 3 aromatic rings.